The Morgan fingerprint density at radius 3 is 2.32 bits per heavy atom. The predicted octanol–water partition coefficient (Wildman–Crippen LogP) is 4.76. The van der Waals surface area contributed by atoms with Gasteiger partial charge in [0.1, 0.15) is 0 Å². The Morgan fingerprint density at radius 1 is 0.806 bits per heavy atom. The van der Waals surface area contributed by atoms with E-state index in [2.05, 4.69) is 27.7 Å². The van der Waals surface area contributed by atoms with Gasteiger partial charge in [-0.15, -0.1) is 0 Å². The van der Waals surface area contributed by atoms with Crippen LogP contribution in [0.2, 0.25) is 0 Å². The molecule has 6 fully saturated rings. The second kappa shape index (κ2) is 6.93. The summed E-state index contributed by atoms with van der Waals surface area (Å²) in [4.78, 5) is 0. The summed E-state index contributed by atoms with van der Waals surface area (Å²) < 4.78 is 13.3. The van der Waals surface area contributed by atoms with Crippen molar-refractivity contribution in [1.82, 2.24) is 0 Å². The first-order valence-corrected chi connectivity index (χ1v) is 13.4. The Balaban J connectivity index is 1.28. The number of ether oxygens (including phenoxy) is 2. The summed E-state index contributed by atoms with van der Waals surface area (Å²) in [5.41, 5.74) is 0.495. The highest BCUT2D eigenvalue weighted by atomic mass is 16.7. The van der Waals surface area contributed by atoms with Crippen molar-refractivity contribution in [2.24, 2.45) is 52.3 Å². The molecular formula is C27H44O4. The van der Waals surface area contributed by atoms with E-state index in [9.17, 15) is 10.2 Å². The van der Waals surface area contributed by atoms with Crippen molar-refractivity contribution in [2.75, 3.05) is 6.61 Å². The molecule has 6 aliphatic rings. The van der Waals surface area contributed by atoms with Gasteiger partial charge in [-0.05, 0) is 97.7 Å². The molecule has 0 bridgehead atoms. The molecule has 2 aliphatic heterocycles. The van der Waals surface area contributed by atoms with Gasteiger partial charge in [-0.3, -0.25) is 0 Å². The number of hydrogen-bond acceptors (Lipinski definition) is 4. The lowest BCUT2D eigenvalue weighted by Crippen LogP contribution is -2.58. The molecule has 2 saturated heterocycles. The minimum Gasteiger partial charge on any atom is -0.393 e. The van der Waals surface area contributed by atoms with E-state index in [0.29, 0.717) is 47.0 Å². The topological polar surface area (TPSA) is 58.9 Å². The van der Waals surface area contributed by atoms with Gasteiger partial charge in [-0.2, -0.15) is 0 Å². The van der Waals surface area contributed by atoms with Crippen LogP contribution in [0.25, 0.3) is 0 Å². The minimum absolute atomic E-state index is 0.191. The smallest absolute Gasteiger partial charge is 0.171 e. The van der Waals surface area contributed by atoms with Crippen molar-refractivity contribution in [2.45, 2.75) is 110 Å². The van der Waals surface area contributed by atoms with Crippen molar-refractivity contribution in [3.8, 4) is 0 Å². The molecule has 13 atom stereocenters. The maximum Gasteiger partial charge on any atom is 0.171 e. The monoisotopic (exact) mass is 432 g/mol. The predicted molar refractivity (Wildman–Crippen MR) is 119 cm³/mol. The van der Waals surface area contributed by atoms with Gasteiger partial charge in [-0.25, -0.2) is 0 Å². The van der Waals surface area contributed by atoms with Gasteiger partial charge in [-0.1, -0.05) is 27.7 Å². The Labute approximate surface area is 188 Å². The minimum atomic E-state index is -0.338. The molecular weight excluding hydrogens is 388 g/mol. The van der Waals surface area contributed by atoms with Crippen LogP contribution in [-0.4, -0.2) is 40.9 Å². The lowest BCUT2D eigenvalue weighted by molar-refractivity contribution is -0.273. The highest BCUT2D eigenvalue weighted by molar-refractivity contribution is 5.16. The highest BCUT2D eigenvalue weighted by Gasteiger charge is 2.69. The van der Waals surface area contributed by atoms with Gasteiger partial charge in [0.15, 0.2) is 5.79 Å². The fourth-order valence-corrected chi connectivity index (χ4v) is 10.3. The van der Waals surface area contributed by atoms with Crippen LogP contribution in [0.4, 0.5) is 0 Å². The van der Waals surface area contributed by atoms with Gasteiger partial charge in [0.05, 0.1) is 24.9 Å². The molecule has 0 aromatic heterocycles. The fourth-order valence-electron chi connectivity index (χ4n) is 10.3. The van der Waals surface area contributed by atoms with Crippen LogP contribution in [0.3, 0.4) is 0 Å². The number of aliphatic hydroxyl groups is 2. The quantitative estimate of drug-likeness (QED) is 0.579. The Kier molecular flexibility index (Phi) is 4.78. The first-order chi connectivity index (χ1) is 14.7. The summed E-state index contributed by atoms with van der Waals surface area (Å²) in [5.74, 6) is 3.58. The highest BCUT2D eigenvalue weighted by Crippen LogP contribution is 2.71. The molecule has 4 saturated carbocycles. The van der Waals surface area contributed by atoms with Crippen molar-refractivity contribution in [3.05, 3.63) is 0 Å². The van der Waals surface area contributed by atoms with E-state index in [-0.39, 0.29) is 29.3 Å². The SMILES string of the molecule is C[C@@H]1CC[C@@]2(OC1)O[C@@H]1C[C@@H]3[C@H]4C[C@H](O)[C@H]5C[C@H](O)CC[C@]5(C)[C@@H]4CC[C@]3(C)[C@@H]1[C@@H]2C. The molecule has 1 spiro atoms. The number of aliphatic hydroxyl groups excluding tert-OH is 2. The van der Waals surface area contributed by atoms with Gasteiger partial charge >= 0.3 is 0 Å². The average molecular weight is 433 g/mol. The van der Waals surface area contributed by atoms with Crippen LogP contribution < -0.4 is 0 Å². The molecule has 4 heteroatoms. The molecule has 4 nitrogen and oxygen atoms in total. The van der Waals surface area contributed by atoms with Gasteiger partial charge < -0.3 is 19.7 Å². The molecule has 2 heterocycles. The maximum atomic E-state index is 11.2. The lowest BCUT2D eigenvalue weighted by atomic mass is 9.43. The van der Waals surface area contributed by atoms with Crippen LogP contribution in [0, 0.1) is 52.3 Å². The zero-order chi connectivity index (χ0) is 21.8. The Bertz CT molecular complexity index is 716. The standard InChI is InChI=1S/C27H44O4/c1-15-5-10-27(30-14-15)16(2)24-23(31-27)13-20-18-12-22(29)21-11-17(28)6-8-25(21,3)19(18)7-9-26(20,24)4/h15-24,28-29H,5-14H2,1-4H3/t15-,16+,17-,18+,19-,20-,21-,22+,23-,24-,25-,26+,27-/m1/s1. The van der Waals surface area contributed by atoms with Crippen LogP contribution >= 0.6 is 0 Å². The molecule has 0 radical (unpaired) electrons. The molecule has 0 aromatic rings. The van der Waals surface area contributed by atoms with Crippen LogP contribution in [0.15, 0.2) is 0 Å². The number of fused-ring (bicyclic) bond motifs is 7. The molecule has 4 aliphatic carbocycles. The molecule has 2 N–H and O–H groups in total. The van der Waals surface area contributed by atoms with E-state index in [1.165, 1.54) is 19.3 Å². The summed E-state index contributed by atoms with van der Waals surface area (Å²) in [5, 5.41) is 21.5. The van der Waals surface area contributed by atoms with Gasteiger partial charge in [0, 0.05) is 12.3 Å². The van der Waals surface area contributed by atoms with Crippen LogP contribution in [0.1, 0.15) is 85.5 Å². The normalized spacial score (nSPS) is 63.3. The zero-order valence-electron chi connectivity index (χ0n) is 20.1. The summed E-state index contributed by atoms with van der Waals surface area (Å²) >= 11 is 0. The lowest BCUT2D eigenvalue weighted by Gasteiger charge is -2.62. The van der Waals surface area contributed by atoms with Crippen molar-refractivity contribution in [3.63, 3.8) is 0 Å². The average Bonchev–Trinajstić information content (AvgIpc) is 3.17. The van der Waals surface area contributed by atoms with Gasteiger partial charge in [0.2, 0.25) is 0 Å². The molecule has 6 rings (SSSR count). The summed E-state index contributed by atoms with van der Waals surface area (Å²) in [7, 11) is 0. The van der Waals surface area contributed by atoms with E-state index in [0.717, 1.165) is 45.1 Å². The third kappa shape index (κ3) is 2.80. The zero-order valence-corrected chi connectivity index (χ0v) is 20.1. The number of hydrogen-bond donors (Lipinski definition) is 2. The second-order valence-electron chi connectivity index (χ2n) is 13.2. The molecule has 0 unspecified atom stereocenters. The third-order valence-electron chi connectivity index (χ3n) is 11.9. The number of rotatable bonds is 0. The molecule has 0 aromatic carbocycles. The Morgan fingerprint density at radius 2 is 1.58 bits per heavy atom. The van der Waals surface area contributed by atoms with E-state index in [1.54, 1.807) is 0 Å². The van der Waals surface area contributed by atoms with E-state index in [4.69, 9.17) is 9.47 Å². The van der Waals surface area contributed by atoms with E-state index < -0.39 is 0 Å². The summed E-state index contributed by atoms with van der Waals surface area (Å²) in [6, 6.07) is 0. The third-order valence-corrected chi connectivity index (χ3v) is 11.9. The van der Waals surface area contributed by atoms with Gasteiger partial charge in [0.25, 0.3) is 0 Å². The first kappa shape index (κ1) is 21.4. The first-order valence-electron chi connectivity index (χ1n) is 13.4. The van der Waals surface area contributed by atoms with Crippen molar-refractivity contribution >= 4 is 0 Å². The largest absolute Gasteiger partial charge is 0.393 e. The molecule has 0 amide bonds. The molecule has 176 valence electrons. The summed E-state index contributed by atoms with van der Waals surface area (Å²) in [6.45, 7) is 10.6. The van der Waals surface area contributed by atoms with Crippen LogP contribution in [0.5, 0.6) is 0 Å². The second-order valence-corrected chi connectivity index (χ2v) is 13.2. The Hall–Kier alpha value is -0.160. The fraction of sp³-hybridized carbons (Fsp3) is 1.00. The van der Waals surface area contributed by atoms with Crippen molar-refractivity contribution < 1.29 is 19.7 Å². The maximum absolute atomic E-state index is 11.2. The van der Waals surface area contributed by atoms with E-state index >= 15 is 0 Å². The summed E-state index contributed by atoms with van der Waals surface area (Å²) in [6.07, 6.45) is 9.58. The van der Waals surface area contributed by atoms with Crippen LogP contribution in [-0.2, 0) is 9.47 Å². The molecule has 31 heavy (non-hydrogen) atoms. The van der Waals surface area contributed by atoms with E-state index in [1.807, 2.05) is 0 Å². The van der Waals surface area contributed by atoms with Crippen molar-refractivity contribution in [1.29, 1.82) is 0 Å².